The Balaban J connectivity index is 1.16. The molecule has 2 aliphatic rings. The molecule has 0 radical (unpaired) electrons. The number of hydrogen-bond donors (Lipinski definition) is 1. The van der Waals surface area contributed by atoms with Gasteiger partial charge in [-0.05, 0) is 30.3 Å². The van der Waals surface area contributed by atoms with Crippen molar-refractivity contribution >= 4 is 28.6 Å². The Kier molecular flexibility index (Phi) is 6.27. The number of benzene rings is 1. The van der Waals surface area contributed by atoms with Crippen LogP contribution in [0.25, 0.3) is 11.0 Å². The van der Waals surface area contributed by atoms with Gasteiger partial charge in [0.25, 0.3) is 5.91 Å². The number of aliphatic hydroxyl groups is 1. The Hall–Kier alpha value is -3.37. The summed E-state index contributed by atoms with van der Waals surface area (Å²) in [7, 11) is 0. The first-order valence-electron chi connectivity index (χ1n) is 11.4. The number of aromatic nitrogens is 4. The number of aliphatic hydroxyl groups excluding tert-OH is 1. The van der Waals surface area contributed by atoms with E-state index in [0.29, 0.717) is 31.7 Å². The van der Waals surface area contributed by atoms with Gasteiger partial charge < -0.3 is 19.8 Å². The second-order valence-electron chi connectivity index (χ2n) is 8.34. The molecule has 4 heterocycles. The minimum atomic E-state index is 0.0176. The van der Waals surface area contributed by atoms with E-state index >= 15 is 0 Å². The van der Waals surface area contributed by atoms with Crippen molar-refractivity contribution in [3.05, 3.63) is 48.3 Å². The topological polar surface area (TPSA) is 102 Å². The average Bonchev–Trinajstić information content (AvgIpc) is 2.89. The number of carbonyl (C=O) groups is 1. The van der Waals surface area contributed by atoms with Crippen LogP contribution in [0.4, 0.5) is 11.6 Å². The van der Waals surface area contributed by atoms with E-state index in [-0.39, 0.29) is 12.5 Å². The van der Waals surface area contributed by atoms with Gasteiger partial charge in [-0.3, -0.25) is 19.7 Å². The molecular weight excluding hydrogens is 420 g/mol. The summed E-state index contributed by atoms with van der Waals surface area (Å²) in [5, 5.41) is 18.0. The van der Waals surface area contributed by atoms with Crippen LogP contribution in [0.15, 0.2) is 42.7 Å². The average molecular weight is 449 g/mol. The van der Waals surface area contributed by atoms with Gasteiger partial charge in [-0.2, -0.15) is 0 Å². The van der Waals surface area contributed by atoms with Crippen LogP contribution in [0.3, 0.4) is 0 Å². The van der Waals surface area contributed by atoms with Gasteiger partial charge in [0.1, 0.15) is 0 Å². The molecule has 0 unspecified atom stereocenters. The van der Waals surface area contributed by atoms with Crippen molar-refractivity contribution in [2.45, 2.75) is 0 Å². The molecule has 2 aromatic heterocycles. The number of piperazine rings is 2. The highest BCUT2D eigenvalue weighted by Gasteiger charge is 2.24. The molecule has 1 amide bonds. The maximum absolute atomic E-state index is 13.0. The lowest BCUT2D eigenvalue weighted by molar-refractivity contribution is 0.0746. The minimum Gasteiger partial charge on any atom is -0.395 e. The maximum Gasteiger partial charge on any atom is 0.254 e. The van der Waals surface area contributed by atoms with Crippen LogP contribution in [0.1, 0.15) is 10.4 Å². The normalized spacial score (nSPS) is 17.5. The molecule has 0 bridgehead atoms. The van der Waals surface area contributed by atoms with Gasteiger partial charge >= 0.3 is 0 Å². The number of anilines is 2. The molecule has 10 nitrogen and oxygen atoms in total. The fourth-order valence-corrected chi connectivity index (χ4v) is 4.42. The summed E-state index contributed by atoms with van der Waals surface area (Å²) in [6, 6.07) is 9.51. The number of rotatable bonds is 5. The quantitative estimate of drug-likeness (QED) is 0.598. The summed E-state index contributed by atoms with van der Waals surface area (Å²) >= 11 is 0. The predicted molar refractivity (Wildman–Crippen MR) is 125 cm³/mol. The highest BCUT2D eigenvalue weighted by molar-refractivity contribution is 5.97. The molecule has 10 heteroatoms. The second-order valence-corrected chi connectivity index (χ2v) is 8.34. The van der Waals surface area contributed by atoms with Gasteiger partial charge in [-0.25, -0.2) is 0 Å². The number of fused-ring (bicyclic) bond motifs is 1. The minimum absolute atomic E-state index is 0.0176. The van der Waals surface area contributed by atoms with Gasteiger partial charge in [0.15, 0.2) is 11.6 Å². The molecule has 1 N–H and O–H groups in total. The Morgan fingerprint density at radius 1 is 0.788 bits per heavy atom. The van der Waals surface area contributed by atoms with Gasteiger partial charge in [-0.15, -0.1) is 10.2 Å². The standard InChI is InChI=1S/C23H28N8O2/c32-16-15-28-7-9-29(10-8-28)21-3-4-22(27-26-21)30-11-13-31(14-12-30)23(33)18-1-2-19-20(17-18)25-6-5-24-19/h1-6,17,32H,7-16H2. The monoisotopic (exact) mass is 448 g/mol. The van der Waals surface area contributed by atoms with Crippen molar-refractivity contribution in [3.8, 4) is 0 Å². The molecule has 33 heavy (non-hydrogen) atoms. The molecule has 5 rings (SSSR count). The van der Waals surface area contributed by atoms with E-state index in [0.717, 1.165) is 55.4 Å². The molecule has 0 spiro atoms. The molecule has 3 aromatic rings. The summed E-state index contributed by atoms with van der Waals surface area (Å²) in [6.07, 6.45) is 3.29. The first kappa shape index (κ1) is 21.5. The molecule has 2 aliphatic heterocycles. The van der Waals surface area contributed by atoms with Crippen LogP contribution >= 0.6 is 0 Å². The van der Waals surface area contributed by atoms with E-state index in [1.807, 2.05) is 35.2 Å². The zero-order valence-corrected chi connectivity index (χ0v) is 18.5. The van der Waals surface area contributed by atoms with Crippen molar-refractivity contribution in [1.82, 2.24) is 30.0 Å². The van der Waals surface area contributed by atoms with Gasteiger partial charge in [0.05, 0.1) is 17.6 Å². The number of nitrogens with zero attached hydrogens (tertiary/aromatic N) is 8. The molecule has 2 saturated heterocycles. The Labute approximate surface area is 192 Å². The fraction of sp³-hybridized carbons (Fsp3) is 0.435. The van der Waals surface area contributed by atoms with Crippen LogP contribution in [-0.2, 0) is 0 Å². The van der Waals surface area contributed by atoms with Crippen molar-refractivity contribution in [2.24, 2.45) is 0 Å². The van der Waals surface area contributed by atoms with Crippen molar-refractivity contribution in [2.75, 3.05) is 75.3 Å². The van der Waals surface area contributed by atoms with Crippen LogP contribution in [0, 0.1) is 0 Å². The lowest BCUT2D eigenvalue weighted by atomic mass is 10.1. The molecule has 0 saturated carbocycles. The van der Waals surface area contributed by atoms with E-state index in [9.17, 15) is 4.79 Å². The lowest BCUT2D eigenvalue weighted by Crippen LogP contribution is -2.49. The summed E-state index contributed by atoms with van der Waals surface area (Å²) in [4.78, 5) is 30.1. The first-order chi connectivity index (χ1) is 16.2. The molecule has 0 atom stereocenters. The van der Waals surface area contributed by atoms with E-state index in [1.54, 1.807) is 12.4 Å². The highest BCUT2D eigenvalue weighted by Crippen LogP contribution is 2.19. The third kappa shape index (κ3) is 4.71. The Morgan fingerprint density at radius 2 is 1.39 bits per heavy atom. The molecule has 1 aromatic carbocycles. The van der Waals surface area contributed by atoms with Crippen LogP contribution in [0.5, 0.6) is 0 Å². The third-order valence-electron chi connectivity index (χ3n) is 6.36. The maximum atomic E-state index is 13.0. The fourth-order valence-electron chi connectivity index (χ4n) is 4.42. The number of hydrogen-bond acceptors (Lipinski definition) is 9. The van der Waals surface area contributed by atoms with Gasteiger partial charge in [0.2, 0.25) is 0 Å². The zero-order chi connectivity index (χ0) is 22.6. The third-order valence-corrected chi connectivity index (χ3v) is 6.36. The van der Waals surface area contributed by atoms with E-state index < -0.39 is 0 Å². The molecule has 172 valence electrons. The van der Waals surface area contributed by atoms with Crippen molar-refractivity contribution < 1.29 is 9.90 Å². The van der Waals surface area contributed by atoms with E-state index in [1.165, 1.54) is 0 Å². The Morgan fingerprint density at radius 3 is 2.00 bits per heavy atom. The zero-order valence-electron chi connectivity index (χ0n) is 18.5. The second kappa shape index (κ2) is 9.63. The van der Waals surface area contributed by atoms with Crippen molar-refractivity contribution in [3.63, 3.8) is 0 Å². The molecule has 0 aliphatic carbocycles. The molecular formula is C23H28N8O2. The van der Waals surface area contributed by atoms with Crippen LogP contribution in [-0.4, -0.2) is 106 Å². The first-order valence-corrected chi connectivity index (χ1v) is 11.4. The summed E-state index contributed by atoms with van der Waals surface area (Å²) in [5.41, 5.74) is 2.15. The number of carbonyl (C=O) groups excluding carboxylic acids is 1. The number of β-amino-alcohol motifs (C(OH)–C–C–N with tert-alkyl or cyclic N) is 1. The Bertz CT molecular complexity index is 1090. The van der Waals surface area contributed by atoms with Crippen LogP contribution in [0.2, 0.25) is 0 Å². The van der Waals surface area contributed by atoms with Gasteiger partial charge in [0, 0.05) is 76.9 Å². The number of amides is 1. The largest absolute Gasteiger partial charge is 0.395 e. The van der Waals surface area contributed by atoms with Gasteiger partial charge in [-0.1, -0.05) is 0 Å². The summed E-state index contributed by atoms with van der Waals surface area (Å²) in [5.74, 6) is 1.74. The highest BCUT2D eigenvalue weighted by atomic mass is 16.3. The predicted octanol–water partition coefficient (Wildman–Crippen LogP) is 0.497. The summed E-state index contributed by atoms with van der Waals surface area (Å²) in [6.45, 7) is 7.23. The SMILES string of the molecule is O=C(c1ccc2nccnc2c1)N1CCN(c2ccc(N3CCN(CCO)CC3)nn2)CC1. The van der Waals surface area contributed by atoms with Crippen LogP contribution < -0.4 is 9.80 Å². The summed E-state index contributed by atoms with van der Waals surface area (Å²) < 4.78 is 0. The smallest absolute Gasteiger partial charge is 0.254 e. The van der Waals surface area contributed by atoms with Crippen molar-refractivity contribution in [1.29, 1.82) is 0 Å². The van der Waals surface area contributed by atoms with E-state index in [4.69, 9.17) is 5.11 Å². The molecule has 2 fully saturated rings. The van der Waals surface area contributed by atoms with E-state index in [2.05, 4.69) is 34.9 Å². The lowest BCUT2D eigenvalue weighted by Gasteiger charge is -2.36.